The molecule has 2 aliphatic rings. The second kappa shape index (κ2) is 7.43. The molecule has 106 valence electrons. The minimum atomic E-state index is 0.276. The van der Waals surface area contributed by atoms with Gasteiger partial charge in [-0.05, 0) is 31.8 Å². The van der Waals surface area contributed by atoms with E-state index in [1.165, 1.54) is 25.9 Å². The lowest BCUT2D eigenvalue weighted by atomic mass is 10.0. The van der Waals surface area contributed by atoms with Gasteiger partial charge in [0.15, 0.2) is 0 Å². The third-order valence-corrected chi connectivity index (χ3v) is 3.96. The van der Waals surface area contributed by atoms with Crippen molar-refractivity contribution in [2.45, 2.75) is 38.8 Å². The zero-order valence-electron chi connectivity index (χ0n) is 11.9. The van der Waals surface area contributed by atoms with Gasteiger partial charge < -0.3 is 19.7 Å². The number of nitrogens with zero attached hydrogens (tertiary/aromatic N) is 1. The van der Waals surface area contributed by atoms with Gasteiger partial charge in [-0.3, -0.25) is 0 Å². The molecule has 0 radical (unpaired) electrons. The summed E-state index contributed by atoms with van der Waals surface area (Å²) in [5.74, 6) is 0.712. The quantitative estimate of drug-likeness (QED) is 0.820. The van der Waals surface area contributed by atoms with Crippen molar-refractivity contribution in [1.82, 2.24) is 10.2 Å². The molecule has 3 atom stereocenters. The molecule has 0 spiro atoms. The molecule has 1 N–H and O–H groups in total. The highest BCUT2D eigenvalue weighted by molar-refractivity contribution is 4.77. The third kappa shape index (κ3) is 4.50. The van der Waals surface area contributed by atoms with Gasteiger partial charge in [-0.25, -0.2) is 0 Å². The molecule has 0 aromatic carbocycles. The fraction of sp³-hybridized carbons (Fsp3) is 1.00. The fourth-order valence-corrected chi connectivity index (χ4v) is 2.85. The minimum Gasteiger partial charge on any atom is -0.376 e. The molecule has 0 amide bonds. The SMILES string of the molecule is CCC1CCN(CC2COCCO2)CC(C)CN1. The maximum Gasteiger partial charge on any atom is 0.0936 e. The maximum absolute atomic E-state index is 5.76. The van der Waals surface area contributed by atoms with Crippen molar-refractivity contribution < 1.29 is 9.47 Å². The molecule has 18 heavy (non-hydrogen) atoms. The first-order valence-electron chi connectivity index (χ1n) is 7.43. The Morgan fingerprint density at radius 2 is 2.22 bits per heavy atom. The lowest BCUT2D eigenvalue weighted by Gasteiger charge is -2.35. The normalized spacial score (nSPS) is 36.0. The number of hydrogen-bond donors (Lipinski definition) is 1. The van der Waals surface area contributed by atoms with Crippen LogP contribution in [-0.2, 0) is 9.47 Å². The summed E-state index contributed by atoms with van der Waals surface area (Å²) in [5, 5.41) is 3.66. The molecule has 0 bridgehead atoms. The van der Waals surface area contributed by atoms with Crippen molar-refractivity contribution in [1.29, 1.82) is 0 Å². The van der Waals surface area contributed by atoms with E-state index in [0.717, 1.165) is 32.9 Å². The second-order valence-electron chi connectivity index (χ2n) is 5.73. The Balaban J connectivity index is 1.81. The van der Waals surface area contributed by atoms with E-state index >= 15 is 0 Å². The van der Waals surface area contributed by atoms with Crippen molar-refractivity contribution in [2.75, 3.05) is 46.0 Å². The maximum atomic E-state index is 5.76. The van der Waals surface area contributed by atoms with Crippen LogP contribution in [0.5, 0.6) is 0 Å². The molecule has 0 saturated carbocycles. The minimum absolute atomic E-state index is 0.276. The molecule has 0 aromatic heterocycles. The largest absolute Gasteiger partial charge is 0.376 e. The van der Waals surface area contributed by atoms with E-state index in [9.17, 15) is 0 Å². The van der Waals surface area contributed by atoms with E-state index in [1.54, 1.807) is 0 Å². The van der Waals surface area contributed by atoms with Gasteiger partial charge in [-0.2, -0.15) is 0 Å². The summed E-state index contributed by atoms with van der Waals surface area (Å²) in [7, 11) is 0. The molecule has 4 nitrogen and oxygen atoms in total. The molecule has 0 aromatic rings. The molecule has 2 aliphatic heterocycles. The van der Waals surface area contributed by atoms with Crippen molar-refractivity contribution in [2.24, 2.45) is 5.92 Å². The number of ether oxygens (including phenoxy) is 2. The molecular formula is C14H28N2O2. The Morgan fingerprint density at radius 1 is 1.33 bits per heavy atom. The van der Waals surface area contributed by atoms with E-state index in [4.69, 9.17) is 9.47 Å². The predicted molar refractivity (Wildman–Crippen MR) is 72.9 cm³/mol. The summed E-state index contributed by atoms with van der Waals surface area (Å²) >= 11 is 0. The van der Waals surface area contributed by atoms with Crippen LogP contribution in [0.25, 0.3) is 0 Å². The van der Waals surface area contributed by atoms with Crippen molar-refractivity contribution in [3.8, 4) is 0 Å². The second-order valence-corrected chi connectivity index (χ2v) is 5.73. The first-order valence-corrected chi connectivity index (χ1v) is 7.43. The van der Waals surface area contributed by atoms with Crippen LogP contribution in [0.4, 0.5) is 0 Å². The van der Waals surface area contributed by atoms with Crippen LogP contribution in [0.3, 0.4) is 0 Å². The monoisotopic (exact) mass is 256 g/mol. The zero-order valence-corrected chi connectivity index (χ0v) is 11.9. The highest BCUT2D eigenvalue weighted by atomic mass is 16.6. The van der Waals surface area contributed by atoms with Gasteiger partial charge in [-0.1, -0.05) is 13.8 Å². The Kier molecular flexibility index (Phi) is 5.89. The molecule has 2 saturated heterocycles. The smallest absolute Gasteiger partial charge is 0.0936 e. The average molecular weight is 256 g/mol. The van der Waals surface area contributed by atoms with Gasteiger partial charge >= 0.3 is 0 Å². The van der Waals surface area contributed by atoms with Crippen LogP contribution in [0, 0.1) is 5.92 Å². The number of rotatable bonds is 3. The van der Waals surface area contributed by atoms with Gasteiger partial charge in [0.1, 0.15) is 0 Å². The van der Waals surface area contributed by atoms with E-state index in [2.05, 4.69) is 24.1 Å². The highest BCUT2D eigenvalue weighted by Gasteiger charge is 2.22. The summed E-state index contributed by atoms with van der Waals surface area (Å²) in [5.41, 5.74) is 0. The molecule has 2 fully saturated rings. The van der Waals surface area contributed by atoms with Crippen LogP contribution in [0.1, 0.15) is 26.7 Å². The van der Waals surface area contributed by atoms with Gasteiger partial charge in [0.05, 0.1) is 25.9 Å². The standard InChI is InChI=1S/C14H28N2O2/c1-3-13-4-5-16(9-12(2)8-15-13)10-14-11-17-6-7-18-14/h12-15H,3-11H2,1-2H3. The summed E-state index contributed by atoms with van der Waals surface area (Å²) in [6.07, 6.45) is 2.75. The van der Waals surface area contributed by atoms with Crippen LogP contribution in [-0.4, -0.2) is 63.0 Å². The van der Waals surface area contributed by atoms with Crippen molar-refractivity contribution in [3.05, 3.63) is 0 Å². The molecule has 2 heterocycles. The Hall–Kier alpha value is -0.160. The topological polar surface area (TPSA) is 33.7 Å². The van der Waals surface area contributed by atoms with Crippen LogP contribution in [0.15, 0.2) is 0 Å². The third-order valence-electron chi connectivity index (χ3n) is 3.96. The Labute approximate surface area is 111 Å². The van der Waals surface area contributed by atoms with E-state index in [0.29, 0.717) is 12.0 Å². The summed E-state index contributed by atoms with van der Waals surface area (Å²) in [6, 6.07) is 0.679. The summed E-state index contributed by atoms with van der Waals surface area (Å²) < 4.78 is 11.2. The first kappa shape index (κ1) is 14.3. The van der Waals surface area contributed by atoms with Crippen LogP contribution < -0.4 is 5.32 Å². The first-order chi connectivity index (χ1) is 8.78. The van der Waals surface area contributed by atoms with Gasteiger partial charge in [-0.15, -0.1) is 0 Å². The Morgan fingerprint density at radius 3 is 2.94 bits per heavy atom. The van der Waals surface area contributed by atoms with Crippen LogP contribution >= 0.6 is 0 Å². The van der Waals surface area contributed by atoms with Gasteiger partial charge in [0.2, 0.25) is 0 Å². The number of nitrogens with one attached hydrogen (secondary N) is 1. The average Bonchev–Trinajstić information content (AvgIpc) is 2.37. The number of hydrogen-bond acceptors (Lipinski definition) is 4. The van der Waals surface area contributed by atoms with Crippen LogP contribution in [0.2, 0.25) is 0 Å². The summed E-state index contributed by atoms with van der Waals surface area (Å²) in [4.78, 5) is 2.56. The Bertz CT molecular complexity index is 232. The zero-order chi connectivity index (χ0) is 12.8. The van der Waals surface area contributed by atoms with Gasteiger partial charge in [0.25, 0.3) is 0 Å². The molecule has 2 rings (SSSR count). The van der Waals surface area contributed by atoms with Crippen molar-refractivity contribution in [3.63, 3.8) is 0 Å². The van der Waals surface area contributed by atoms with Gasteiger partial charge in [0, 0.05) is 19.1 Å². The molecular weight excluding hydrogens is 228 g/mol. The molecule has 3 unspecified atom stereocenters. The lowest BCUT2D eigenvalue weighted by Crippen LogP contribution is -2.47. The fourth-order valence-electron chi connectivity index (χ4n) is 2.85. The predicted octanol–water partition coefficient (Wildman–Crippen LogP) is 1.11. The van der Waals surface area contributed by atoms with E-state index in [1.807, 2.05) is 0 Å². The van der Waals surface area contributed by atoms with Crippen molar-refractivity contribution >= 4 is 0 Å². The highest BCUT2D eigenvalue weighted by Crippen LogP contribution is 2.11. The molecule has 4 heteroatoms. The van der Waals surface area contributed by atoms with E-state index in [-0.39, 0.29) is 6.10 Å². The van der Waals surface area contributed by atoms with E-state index < -0.39 is 0 Å². The molecule has 0 aliphatic carbocycles. The lowest BCUT2D eigenvalue weighted by molar-refractivity contribution is -0.0987. The summed E-state index contributed by atoms with van der Waals surface area (Å²) in [6.45, 7) is 11.4.